The molecule has 0 spiro atoms. The summed E-state index contributed by atoms with van der Waals surface area (Å²) in [6.07, 6.45) is 0. The van der Waals surface area contributed by atoms with Crippen molar-refractivity contribution < 1.29 is 9.53 Å². The zero-order chi connectivity index (χ0) is 16.2. The van der Waals surface area contributed by atoms with E-state index in [9.17, 15) is 4.79 Å². The summed E-state index contributed by atoms with van der Waals surface area (Å²) in [6.45, 7) is 2.05. The van der Waals surface area contributed by atoms with Crippen LogP contribution in [-0.2, 0) is 6.54 Å². The van der Waals surface area contributed by atoms with Gasteiger partial charge in [-0.2, -0.15) is 4.80 Å². The fraction of sp³-hybridized carbons (Fsp3) is 0.176. The molecule has 0 saturated carbocycles. The van der Waals surface area contributed by atoms with Crippen LogP contribution in [0.25, 0.3) is 11.4 Å². The Morgan fingerprint density at radius 1 is 1.17 bits per heavy atom. The molecule has 6 nitrogen and oxygen atoms in total. The lowest BCUT2D eigenvalue weighted by atomic mass is 10.1. The Kier molecular flexibility index (Phi) is 4.14. The topological polar surface area (TPSA) is 69.9 Å². The molecule has 0 aliphatic carbocycles. The maximum atomic E-state index is 12.3. The van der Waals surface area contributed by atoms with Gasteiger partial charge in [-0.05, 0) is 24.3 Å². The highest BCUT2D eigenvalue weighted by atomic mass is 16.5. The van der Waals surface area contributed by atoms with Crippen molar-refractivity contribution in [2.45, 2.75) is 13.5 Å². The van der Waals surface area contributed by atoms with Crippen LogP contribution in [0.4, 0.5) is 0 Å². The molecule has 0 fully saturated rings. The molecule has 0 aliphatic rings. The van der Waals surface area contributed by atoms with Gasteiger partial charge in [-0.3, -0.25) is 4.79 Å². The first-order valence-corrected chi connectivity index (χ1v) is 7.18. The van der Waals surface area contributed by atoms with Crippen molar-refractivity contribution in [3.63, 3.8) is 0 Å². The molecule has 0 saturated heterocycles. The lowest BCUT2D eigenvalue weighted by Gasteiger charge is -2.03. The predicted molar refractivity (Wildman–Crippen MR) is 85.3 cm³/mol. The Balaban J connectivity index is 1.75. The van der Waals surface area contributed by atoms with E-state index in [4.69, 9.17) is 4.74 Å². The summed E-state index contributed by atoms with van der Waals surface area (Å²) in [6, 6.07) is 14.8. The highest BCUT2D eigenvalue weighted by Gasteiger charge is 2.11. The molecular weight excluding hydrogens is 292 g/mol. The third kappa shape index (κ3) is 3.42. The fourth-order valence-corrected chi connectivity index (χ4v) is 2.14. The van der Waals surface area contributed by atoms with Gasteiger partial charge in [0.1, 0.15) is 12.3 Å². The highest BCUT2D eigenvalue weighted by Crippen LogP contribution is 2.15. The molecule has 0 radical (unpaired) electrons. The fourth-order valence-electron chi connectivity index (χ4n) is 2.14. The summed E-state index contributed by atoms with van der Waals surface area (Å²) in [5, 5.41) is 12.2. The van der Waals surface area contributed by atoms with Gasteiger partial charge in [0.15, 0.2) is 5.78 Å². The van der Waals surface area contributed by atoms with Crippen LogP contribution < -0.4 is 4.74 Å². The van der Waals surface area contributed by atoms with Gasteiger partial charge in [0, 0.05) is 11.1 Å². The molecule has 3 aromatic rings. The molecule has 116 valence electrons. The first-order valence-electron chi connectivity index (χ1n) is 7.18. The van der Waals surface area contributed by atoms with Gasteiger partial charge in [0.25, 0.3) is 0 Å². The van der Waals surface area contributed by atoms with Crippen molar-refractivity contribution in [3.05, 3.63) is 59.7 Å². The summed E-state index contributed by atoms with van der Waals surface area (Å²) in [4.78, 5) is 13.6. The third-order valence-corrected chi connectivity index (χ3v) is 3.44. The van der Waals surface area contributed by atoms with E-state index in [0.717, 1.165) is 11.1 Å². The smallest absolute Gasteiger partial charge is 0.204 e. The van der Waals surface area contributed by atoms with Crippen molar-refractivity contribution in [1.82, 2.24) is 20.2 Å². The highest BCUT2D eigenvalue weighted by molar-refractivity contribution is 5.96. The number of Topliss-reactive ketones (excluding diaryl/α,β-unsaturated/α-hetero) is 1. The Bertz CT molecular complexity index is 825. The average Bonchev–Trinajstić information content (AvgIpc) is 3.04. The number of methoxy groups -OCH3 is 1. The number of nitrogens with zero attached hydrogens (tertiary/aromatic N) is 4. The largest absolute Gasteiger partial charge is 0.497 e. The van der Waals surface area contributed by atoms with Crippen LogP contribution in [0.3, 0.4) is 0 Å². The number of hydrogen-bond acceptors (Lipinski definition) is 5. The van der Waals surface area contributed by atoms with E-state index in [2.05, 4.69) is 15.4 Å². The van der Waals surface area contributed by atoms with E-state index in [0.29, 0.717) is 17.1 Å². The molecule has 3 rings (SSSR count). The second kappa shape index (κ2) is 6.39. The summed E-state index contributed by atoms with van der Waals surface area (Å²) >= 11 is 0. The molecule has 23 heavy (non-hydrogen) atoms. The average molecular weight is 308 g/mol. The Hall–Kier alpha value is -3.02. The van der Waals surface area contributed by atoms with E-state index >= 15 is 0 Å². The van der Waals surface area contributed by atoms with Crippen molar-refractivity contribution in [3.8, 4) is 17.1 Å². The zero-order valence-electron chi connectivity index (χ0n) is 12.9. The maximum Gasteiger partial charge on any atom is 0.204 e. The first kappa shape index (κ1) is 14.9. The number of ether oxygens (including phenoxy) is 1. The van der Waals surface area contributed by atoms with Crippen LogP contribution >= 0.6 is 0 Å². The van der Waals surface area contributed by atoms with E-state index in [1.807, 2.05) is 31.2 Å². The monoisotopic (exact) mass is 308 g/mol. The summed E-state index contributed by atoms with van der Waals surface area (Å²) in [5.41, 5.74) is 2.59. The standard InChI is InChI=1S/C17H16N4O2/c1-12-6-8-13(9-7-12)17-18-20-21(19-17)11-16(22)14-4-3-5-15(10-14)23-2/h3-10H,11H2,1-2H3. The van der Waals surface area contributed by atoms with Crippen LogP contribution in [0.1, 0.15) is 15.9 Å². The van der Waals surface area contributed by atoms with Crippen LogP contribution in [-0.4, -0.2) is 33.1 Å². The van der Waals surface area contributed by atoms with Gasteiger partial charge >= 0.3 is 0 Å². The number of rotatable bonds is 5. The quantitative estimate of drug-likeness (QED) is 0.677. The Labute approximate surface area is 133 Å². The summed E-state index contributed by atoms with van der Waals surface area (Å²) < 4.78 is 5.12. The van der Waals surface area contributed by atoms with Crippen LogP contribution in [0, 0.1) is 6.92 Å². The molecular formula is C17H16N4O2. The number of aromatic nitrogens is 4. The minimum absolute atomic E-state index is 0.0338. The molecule has 0 atom stereocenters. The Morgan fingerprint density at radius 3 is 2.70 bits per heavy atom. The van der Waals surface area contributed by atoms with Crippen LogP contribution in [0.2, 0.25) is 0 Å². The molecule has 0 amide bonds. The normalized spacial score (nSPS) is 10.5. The number of carbonyl (C=O) groups excluding carboxylic acids is 1. The van der Waals surface area contributed by atoms with E-state index in [1.165, 1.54) is 4.80 Å². The van der Waals surface area contributed by atoms with Gasteiger partial charge in [-0.15, -0.1) is 10.2 Å². The summed E-state index contributed by atoms with van der Waals surface area (Å²) in [7, 11) is 1.57. The van der Waals surface area contributed by atoms with E-state index in [-0.39, 0.29) is 12.3 Å². The molecule has 0 unspecified atom stereocenters. The second-order valence-electron chi connectivity index (χ2n) is 5.16. The number of hydrogen-bond donors (Lipinski definition) is 0. The van der Waals surface area contributed by atoms with E-state index in [1.54, 1.807) is 31.4 Å². The molecule has 6 heteroatoms. The minimum Gasteiger partial charge on any atom is -0.497 e. The lowest BCUT2D eigenvalue weighted by molar-refractivity contribution is 0.0961. The van der Waals surface area contributed by atoms with Gasteiger partial charge in [-0.1, -0.05) is 42.0 Å². The van der Waals surface area contributed by atoms with Gasteiger partial charge in [-0.25, -0.2) is 0 Å². The maximum absolute atomic E-state index is 12.3. The predicted octanol–water partition coefficient (Wildman–Crippen LogP) is 2.54. The molecule has 1 aromatic heterocycles. The van der Waals surface area contributed by atoms with Crippen molar-refractivity contribution in [2.75, 3.05) is 7.11 Å². The molecule has 1 heterocycles. The van der Waals surface area contributed by atoms with Crippen molar-refractivity contribution in [1.29, 1.82) is 0 Å². The van der Waals surface area contributed by atoms with Gasteiger partial charge < -0.3 is 4.74 Å². The number of aryl methyl sites for hydroxylation is 1. The molecule has 0 aliphatic heterocycles. The number of ketones is 1. The number of carbonyl (C=O) groups is 1. The number of tetrazole rings is 1. The molecule has 2 aromatic carbocycles. The van der Waals surface area contributed by atoms with Gasteiger partial charge in [0.2, 0.25) is 5.82 Å². The van der Waals surface area contributed by atoms with E-state index < -0.39 is 0 Å². The second-order valence-corrected chi connectivity index (χ2v) is 5.16. The van der Waals surface area contributed by atoms with Crippen LogP contribution in [0.5, 0.6) is 5.75 Å². The number of benzene rings is 2. The zero-order valence-corrected chi connectivity index (χ0v) is 12.9. The lowest BCUT2D eigenvalue weighted by Crippen LogP contribution is -2.13. The molecule has 0 N–H and O–H groups in total. The van der Waals surface area contributed by atoms with Crippen molar-refractivity contribution in [2.24, 2.45) is 0 Å². The minimum atomic E-state index is -0.100. The van der Waals surface area contributed by atoms with Crippen LogP contribution in [0.15, 0.2) is 48.5 Å². The van der Waals surface area contributed by atoms with Gasteiger partial charge in [0.05, 0.1) is 7.11 Å². The summed E-state index contributed by atoms with van der Waals surface area (Å²) in [5.74, 6) is 1.04. The molecule has 0 bridgehead atoms. The Morgan fingerprint density at radius 2 is 1.96 bits per heavy atom. The van der Waals surface area contributed by atoms with Crippen molar-refractivity contribution >= 4 is 5.78 Å². The SMILES string of the molecule is COc1cccc(C(=O)Cn2nnc(-c3ccc(C)cc3)n2)c1. The third-order valence-electron chi connectivity index (χ3n) is 3.44. The first-order chi connectivity index (χ1) is 11.2.